The summed E-state index contributed by atoms with van der Waals surface area (Å²) in [7, 11) is 0. The number of ether oxygens (including phenoxy) is 1. The van der Waals surface area contributed by atoms with E-state index in [1.165, 1.54) is 5.56 Å². The Morgan fingerprint density at radius 1 is 1.15 bits per heavy atom. The highest BCUT2D eigenvalue weighted by atomic mass is 16.6. The van der Waals surface area contributed by atoms with Gasteiger partial charge in [-0.3, -0.25) is 9.59 Å². The number of esters is 1. The molecule has 0 atom stereocenters. The summed E-state index contributed by atoms with van der Waals surface area (Å²) < 4.78 is 7.74. The number of carbonyl (C=O) groups excluding carboxylic acids is 2. The fourth-order valence-electron chi connectivity index (χ4n) is 4.64. The van der Waals surface area contributed by atoms with Crippen molar-refractivity contribution in [1.82, 2.24) is 14.8 Å². The SMILES string of the molecule is Cc1ccc(NC(=O)CCc2nnc(C3CC(CC(=O)OC(C)(C)C)C3)n2C2CC2)c(C)c1. The van der Waals surface area contributed by atoms with E-state index >= 15 is 0 Å². The molecule has 2 fully saturated rings. The number of rotatable bonds is 8. The highest BCUT2D eigenvalue weighted by Gasteiger charge is 2.39. The van der Waals surface area contributed by atoms with Gasteiger partial charge in [-0.15, -0.1) is 10.2 Å². The number of nitrogens with one attached hydrogen (secondary N) is 1. The van der Waals surface area contributed by atoms with Crippen molar-refractivity contribution in [3.63, 3.8) is 0 Å². The molecule has 2 aliphatic carbocycles. The van der Waals surface area contributed by atoms with Crippen LogP contribution in [0.1, 0.15) is 94.0 Å². The van der Waals surface area contributed by atoms with E-state index in [9.17, 15) is 9.59 Å². The first-order chi connectivity index (χ1) is 15.6. The number of amides is 1. The molecule has 1 aromatic carbocycles. The molecule has 0 saturated heterocycles. The Morgan fingerprint density at radius 2 is 1.88 bits per heavy atom. The molecule has 2 aliphatic rings. The van der Waals surface area contributed by atoms with Crippen molar-refractivity contribution in [2.75, 3.05) is 5.32 Å². The molecule has 1 heterocycles. The molecule has 7 nitrogen and oxygen atoms in total. The molecule has 4 rings (SSSR count). The molecule has 0 aliphatic heterocycles. The summed E-state index contributed by atoms with van der Waals surface area (Å²) in [4.78, 5) is 24.7. The average Bonchev–Trinajstić information content (AvgIpc) is 3.43. The third kappa shape index (κ3) is 6.01. The van der Waals surface area contributed by atoms with Crippen molar-refractivity contribution < 1.29 is 14.3 Å². The third-order valence-electron chi connectivity index (χ3n) is 6.41. The van der Waals surface area contributed by atoms with Crippen LogP contribution in [0.3, 0.4) is 0 Å². The van der Waals surface area contributed by atoms with Gasteiger partial charge < -0.3 is 14.6 Å². The minimum absolute atomic E-state index is 0.00470. The van der Waals surface area contributed by atoms with Gasteiger partial charge in [-0.1, -0.05) is 17.7 Å². The van der Waals surface area contributed by atoms with E-state index in [0.717, 1.165) is 48.6 Å². The Bertz CT molecular complexity index is 1030. The average molecular weight is 453 g/mol. The maximum Gasteiger partial charge on any atom is 0.306 e. The summed E-state index contributed by atoms with van der Waals surface area (Å²) in [5.41, 5.74) is 2.67. The predicted molar refractivity (Wildman–Crippen MR) is 127 cm³/mol. The largest absolute Gasteiger partial charge is 0.460 e. The van der Waals surface area contributed by atoms with Crippen molar-refractivity contribution in [3.05, 3.63) is 41.0 Å². The van der Waals surface area contributed by atoms with Crippen LogP contribution >= 0.6 is 0 Å². The van der Waals surface area contributed by atoms with Gasteiger partial charge in [-0.05, 0) is 77.8 Å². The van der Waals surface area contributed by atoms with Crippen molar-refractivity contribution >= 4 is 17.6 Å². The zero-order valence-electron chi connectivity index (χ0n) is 20.5. The van der Waals surface area contributed by atoms with Crippen LogP contribution in [0.25, 0.3) is 0 Å². The van der Waals surface area contributed by atoms with E-state index in [0.29, 0.717) is 37.1 Å². The summed E-state index contributed by atoms with van der Waals surface area (Å²) in [6.07, 6.45) is 5.59. The Balaban J connectivity index is 1.32. The molecule has 0 unspecified atom stereocenters. The highest BCUT2D eigenvalue weighted by Crippen LogP contribution is 2.46. The molecule has 0 spiro atoms. The first kappa shape index (κ1) is 23.5. The quantitative estimate of drug-likeness (QED) is 0.568. The topological polar surface area (TPSA) is 86.1 Å². The van der Waals surface area contributed by atoms with Crippen LogP contribution in [-0.2, 0) is 20.7 Å². The van der Waals surface area contributed by atoms with Gasteiger partial charge in [0.2, 0.25) is 5.91 Å². The van der Waals surface area contributed by atoms with E-state index in [4.69, 9.17) is 4.74 Å². The molecule has 0 bridgehead atoms. The van der Waals surface area contributed by atoms with Gasteiger partial charge in [-0.2, -0.15) is 0 Å². The van der Waals surface area contributed by atoms with Crippen LogP contribution in [0.15, 0.2) is 18.2 Å². The van der Waals surface area contributed by atoms with E-state index in [1.54, 1.807) is 0 Å². The maximum atomic E-state index is 12.6. The molecule has 7 heteroatoms. The van der Waals surface area contributed by atoms with Crippen LogP contribution in [0.5, 0.6) is 0 Å². The lowest BCUT2D eigenvalue weighted by Gasteiger charge is -2.35. The van der Waals surface area contributed by atoms with Gasteiger partial charge in [0.05, 0.1) is 0 Å². The lowest BCUT2D eigenvalue weighted by atomic mass is 9.73. The zero-order chi connectivity index (χ0) is 23.8. The van der Waals surface area contributed by atoms with Crippen molar-refractivity contribution in [2.45, 2.75) is 97.1 Å². The van der Waals surface area contributed by atoms with Crippen molar-refractivity contribution in [2.24, 2.45) is 5.92 Å². The second-order valence-electron chi connectivity index (χ2n) is 10.8. The molecular formula is C26H36N4O3. The van der Waals surface area contributed by atoms with Crippen LogP contribution in [0.4, 0.5) is 5.69 Å². The number of hydrogen-bond acceptors (Lipinski definition) is 5. The van der Waals surface area contributed by atoms with Gasteiger partial charge in [0.25, 0.3) is 0 Å². The van der Waals surface area contributed by atoms with E-state index in [2.05, 4.69) is 26.1 Å². The number of hydrogen-bond donors (Lipinski definition) is 1. The molecule has 178 valence electrons. The standard InChI is InChI=1S/C26H36N4O3/c1-16-6-9-21(17(2)12-16)27-23(31)11-10-22-28-29-25(30(22)20-7-8-20)19-13-18(14-19)15-24(32)33-26(3,4)5/h6,9,12,18-20H,7-8,10-11,13-15H2,1-5H3,(H,27,31). The lowest BCUT2D eigenvalue weighted by Crippen LogP contribution is -2.30. The minimum Gasteiger partial charge on any atom is -0.460 e. The first-order valence-electron chi connectivity index (χ1n) is 12.1. The Morgan fingerprint density at radius 3 is 2.52 bits per heavy atom. The normalized spacial score (nSPS) is 20.3. The second kappa shape index (κ2) is 9.27. The summed E-state index contributed by atoms with van der Waals surface area (Å²) in [5, 5.41) is 12.0. The monoisotopic (exact) mass is 452 g/mol. The van der Waals surface area contributed by atoms with Gasteiger partial charge in [-0.25, -0.2) is 0 Å². The molecule has 1 N–H and O–H groups in total. The number of aromatic nitrogens is 3. The summed E-state index contributed by atoms with van der Waals surface area (Å²) in [6, 6.07) is 6.49. The van der Waals surface area contributed by atoms with E-state index < -0.39 is 5.60 Å². The first-order valence-corrected chi connectivity index (χ1v) is 12.1. The Labute approximate surface area is 196 Å². The number of aryl methyl sites for hydroxylation is 3. The minimum atomic E-state index is -0.439. The summed E-state index contributed by atoms with van der Waals surface area (Å²) in [6.45, 7) is 9.75. The lowest BCUT2D eigenvalue weighted by molar-refractivity contribution is -0.156. The van der Waals surface area contributed by atoms with Gasteiger partial charge in [0.15, 0.2) is 0 Å². The van der Waals surface area contributed by atoms with Crippen LogP contribution < -0.4 is 5.32 Å². The van der Waals surface area contributed by atoms with Gasteiger partial charge in [0, 0.05) is 36.9 Å². The summed E-state index contributed by atoms with van der Waals surface area (Å²) >= 11 is 0. The number of benzene rings is 1. The highest BCUT2D eigenvalue weighted by molar-refractivity contribution is 5.91. The predicted octanol–water partition coefficient (Wildman–Crippen LogP) is 5.03. The van der Waals surface area contributed by atoms with Gasteiger partial charge in [0.1, 0.15) is 17.2 Å². The van der Waals surface area contributed by atoms with E-state index in [-0.39, 0.29) is 11.9 Å². The maximum absolute atomic E-state index is 12.6. The molecule has 2 aromatic rings. The Kier molecular flexibility index (Phi) is 6.59. The molecule has 33 heavy (non-hydrogen) atoms. The second-order valence-corrected chi connectivity index (χ2v) is 10.8. The fourth-order valence-corrected chi connectivity index (χ4v) is 4.64. The van der Waals surface area contributed by atoms with Crippen molar-refractivity contribution in [1.29, 1.82) is 0 Å². The van der Waals surface area contributed by atoms with E-state index in [1.807, 2.05) is 46.8 Å². The third-order valence-corrected chi connectivity index (χ3v) is 6.41. The number of anilines is 1. The molecule has 1 amide bonds. The van der Waals surface area contributed by atoms with Crippen LogP contribution in [0, 0.1) is 19.8 Å². The smallest absolute Gasteiger partial charge is 0.306 e. The fraction of sp³-hybridized carbons (Fsp3) is 0.615. The molecule has 2 saturated carbocycles. The van der Waals surface area contributed by atoms with Crippen molar-refractivity contribution in [3.8, 4) is 0 Å². The molecule has 0 radical (unpaired) electrons. The number of nitrogens with zero attached hydrogens (tertiary/aromatic N) is 3. The van der Waals surface area contributed by atoms with Crippen LogP contribution in [-0.4, -0.2) is 32.2 Å². The summed E-state index contributed by atoms with van der Waals surface area (Å²) in [5.74, 6) is 2.49. The van der Waals surface area contributed by atoms with Gasteiger partial charge >= 0.3 is 5.97 Å². The zero-order valence-corrected chi connectivity index (χ0v) is 20.5. The molecular weight excluding hydrogens is 416 g/mol. The molecule has 1 aromatic heterocycles. The van der Waals surface area contributed by atoms with Crippen LogP contribution in [0.2, 0.25) is 0 Å². The Hall–Kier alpha value is -2.70. The number of carbonyl (C=O) groups is 2.